The predicted octanol–water partition coefficient (Wildman–Crippen LogP) is 3.36. The van der Waals surface area contributed by atoms with E-state index in [0.29, 0.717) is 5.56 Å². The Hall–Kier alpha value is -2.82. The topological polar surface area (TPSA) is 78.4 Å². The smallest absolute Gasteiger partial charge is 0.299 e. The Labute approximate surface area is 116 Å². The molecular formula is C15H14N2O3. The van der Waals surface area contributed by atoms with Gasteiger partial charge in [0.25, 0.3) is 5.69 Å². The SMILES string of the molecule is COc1ccc(/C=C/c2cccc(N)c2[N+](=O)[O-])cc1. The van der Waals surface area contributed by atoms with Crippen molar-refractivity contribution in [2.75, 3.05) is 12.8 Å². The molecule has 0 radical (unpaired) electrons. The number of nitrogen functional groups attached to an aromatic ring is 1. The van der Waals surface area contributed by atoms with Gasteiger partial charge in [-0.15, -0.1) is 0 Å². The van der Waals surface area contributed by atoms with Crippen molar-refractivity contribution < 1.29 is 9.66 Å². The van der Waals surface area contributed by atoms with Crippen LogP contribution in [-0.4, -0.2) is 12.0 Å². The minimum absolute atomic E-state index is 0.0720. The first-order valence-corrected chi connectivity index (χ1v) is 5.97. The van der Waals surface area contributed by atoms with E-state index in [-0.39, 0.29) is 11.4 Å². The molecule has 0 aliphatic heterocycles. The van der Waals surface area contributed by atoms with Crippen molar-refractivity contribution >= 4 is 23.5 Å². The van der Waals surface area contributed by atoms with Crippen molar-refractivity contribution in [2.24, 2.45) is 0 Å². The molecule has 0 saturated heterocycles. The lowest BCUT2D eigenvalue weighted by atomic mass is 10.1. The molecule has 2 N–H and O–H groups in total. The number of nitro groups is 1. The monoisotopic (exact) mass is 270 g/mol. The molecule has 5 heteroatoms. The highest BCUT2D eigenvalue weighted by molar-refractivity contribution is 5.79. The highest BCUT2D eigenvalue weighted by Crippen LogP contribution is 2.27. The molecular weight excluding hydrogens is 256 g/mol. The van der Waals surface area contributed by atoms with E-state index in [1.165, 1.54) is 6.07 Å². The van der Waals surface area contributed by atoms with Crippen LogP contribution in [0.5, 0.6) is 5.75 Å². The second-order valence-corrected chi connectivity index (χ2v) is 4.15. The van der Waals surface area contributed by atoms with E-state index >= 15 is 0 Å². The van der Waals surface area contributed by atoms with E-state index in [4.69, 9.17) is 10.5 Å². The number of benzene rings is 2. The van der Waals surface area contributed by atoms with Gasteiger partial charge in [0.1, 0.15) is 11.4 Å². The normalized spacial score (nSPS) is 10.7. The largest absolute Gasteiger partial charge is 0.497 e. The first-order chi connectivity index (χ1) is 9.61. The molecule has 2 aromatic rings. The Morgan fingerprint density at radius 2 is 1.85 bits per heavy atom. The van der Waals surface area contributed by atoms with E-state index in [9.17, 15) is 10.1 Å². The van der Waals surface area contributed by atoms with E-state index in [1.54, 1.807) is 31.4 Å². The molecule has 5 nitrogen and oxygen atoms in total. The maximum Gasteiger partial charge on any atom is 0.299 e. The second kappa shape index (κ2) is 5.88. The van der Waals surface area contributed by atoms with Gasteiger partial charge in [-0.25, -0.2) is 0 Å². The number of anilines is 1. The van der Waals surface area contributed by atoms with Crippen LogP contribution in [0.3, 0.4) is 0 Å². The van der Waals surface area contributed by atoms with Gasteiger partial charge in [0.2, 0.25) is 0 Å². The van der Waals surface area contributed by atoms with Crippen LogP contribution in [0.25, 0.3) is 12.2 Å². The maximum absolute atomic E-state index is 11.0. The first-order valence-electron chi connectivity index (χ1n) is 5.97. The number of methoxy groups -OCH3 is 1. The van der Waals surface area contributed by atoms with Gasteiger partial charge >= 0.3 is 0 Å². The zero-order valence-electron chi connectivity index (χ0n) is 10.9. The van der Waals surface area contributed by atoms with Crippen molar-refractivity contribution in [3.05, 3.63) is 63.7 Å². The van der Waals surface area contributed by atoms with Gasteiger partial charge in [-0.2, -0.15) is 0 Å². The second-order valence-electron chi connectivity index (χ2n) is 4.15. The molecule has 0 aromatic heterocycles. The molecule has 0 unspecified atom stereocenters. The van der Waals surface area contributed by atoms with Gasteiger partial charge in [0.15, 0.2) is 0 Å². The van der Waals surface area contributed by atoms with E-state index in [0.717, 1.165) is 11.3 Å². The molecule has 0 amide bonds. The molecule has 0 heterocycles. The van der Waals surface area contributed by atoms with Crippen LogP contribution < -0.4 is 10.5 Å². The van der Waals surface area contributed by atoms with E-state index in [2.05, 4.69) is 0 Å². The number of rotatable bonds is 4. The Kier molecular flexibility index (Phi) is 4.00. The fourth-order valence-electron chi connectivity index (χ4n) is 1.83. The number of nitrogens with zero attached hydrogens (tertiary/aromatic N) is 1. The quantitative estimate of drug-likeness (QED) is 0.400. The van der Waals surface area contributed by atoms with Crippen LogP contribution >= 0.6 is 0 Å². The zero-order chi connectivity index (χ0) is 14.5. The summed E-state index contributed by atoms with van der Waals surface area (Å²) in [6, 6.07) is 12.3. The standard InChI is InChI=1S/C15H14N2O3/c1-20-13-9-6-11(7-10-13)5-8-12-3-2-4-14(16)15(12)17(18)19/h2-10H,16H2,1H3/b8-5+. The summed E-state index contributed by atoms with van der Waals surface area (Å²) in [6.45, 7) is 0. The molecule has 0 atom stereocenters. The molecule has 102 valence electrons. The third-order valence-electron chi connectivity index (χ3n) is 2.85. The maximum atomic E-state index is 11.0. The fraction of sp³-hybridized carbons (Fsp3) is 0.0667. The van der Waals surface area contributed by atoms with Crippen molar-refractivity contribution in [2.45, 2.75) is 0 Å². The zero-order valence-corrected chi connectivity index (χ0v) is 10.9. The average molecular weight is 270 g/mol. The molecule has 0 bridgehead atoms. The summed E-state index contributed by atoms with van der Waals surface area (Å²) in [4.78, 5) is 10.5. The Morgan fingerprint density at radius 1 is 1.15 bits per heavy atom. The van der Waals surface area contributed by atoms with Crippen molar-refractivity contribution in [1.82, 2.24) is 0 Å². The average Bonchev–Trinajstić information content (AvgIpc) is 2.45. The van der Waals surface area contributed by atoms with Crippen LogP contribution in [0.15, 0.2) is 42.5 Å². The van der Waals surface area contributed by atoms with Crippen LogP contribution in [-0.2, 0) is 0 Å². The summed E-state index contributed by atoms with van der Waals surface area (Å²) >= 11 is 0. The van der Waals surface area contributed by atoms with Gasteiger partial charge in [-0.1, -0.05) is 24.3 Å². The molecule has 0 spiro atoms. The molecule has 20 heavy (non-hydrogen) atoms. The summed E-state index contributed by atoms with van der Waals surface area (Å²) in [5.74, 6) is 0.761. The number of nitrogens with two attached hydrogens (primary N) is 1. The third-order valence-corrected chi connectivity index (χ3v) is 2.85. The Bertz CT molecular complexity index is 649. The van der Waals surface area contributed by atoms with Gasteiger partial charge in [-0.05, 0) is 35.9 Å². The third kappa shape index (κ3) is 2.95. The van der Waals surface area contributed by atoms with E-state index < -0.39 is 4.92 Å². The van der Waals surface area contributed by atoms with Gasteiger partial charge in [0, 0.05) is 0 Å². The highest BCUT2D eigenvalue weighted by atomic mass is 16.6. The van der Waals surface area contributed by atoms with Crippen LogP contribution in [0, 0.1) is 10.1 Å². The molecule has 0 aliphatic carbocycles. The molecule has 0 fully saturated rings. The molecule has 0 aliphatic rings. The first kappa shape index (κ1) is 13.6. The highest BCUT2D eigenvalue weighted by Gasteiger charge is 2.15. The fourth-order valence-corrected chi connectivity index (χ4v) is 1.83. The van der Waals surface area contributed by atoms with Gasteiger partial charge < -0.3 is 10.5 Å². The van der Waals surface area contributed by atoms with Crippen LogP contribution in [0.2, 0.25) is 0 Å². The number of hydrogen-bond donors (Lipinski definition) is 1. The summed E-state index contributed by atoms with van der Waals surface area (Å²) in [6.07, 6.45) is 3.47. The molecule has 0 saturated carbocycles. The minimum atomic E-state index is -0.469. The summed E-state index contributed by atoms with van der Waals surface area (Å²) in [5.41, 5.74) is 7.12. The summed E-state index contributed by atoms with van der Waals surface area (Å²) < 4.78 is 5.07. The van der Waals surface area contributed by atoms with E-state index in [1.807, 2.05) is 24.3 Å². The number of hydrogen-bond acceptors (Lipinski definition) is 4. The van der Waals surface area contributed by atoms with Crippen molar-refractivity contribution in [1.29, 1.82) is 0 Å². The summed E-state index contributed by atoms with van der Waals surface area (Å²) in [5, 5.41) is 11.0. The van der Waals surface area contributed by atoms with Crippen molar-refractivity contribution in [3.63, 3.8) is 0 Å². The lowest BCUT2D eigenvalue weighted by molar-refractivity contribution is -0.384. The van der Waals surface area contributed by atoms with Gasteiger partial charge in [0.05, 0.1) is 17.6 Å². The van der Waals surface area contributed by atoms with Crippen LogP contribution in [0.4, 0.5) is 11.4 Å². The number of para-hydroxylation sites is 1. The summed E-state index contributed by atoms with van der Waals surface area (Å²) in [7, 11) is 1.60. The minimum Gasteiger partial charge on any atom is -0.497 e. The molecule has 2 aromatic carbocycles. The van der Waals surface area contributed by atoms with Gasteiger partial charge in [-0.3, -0.25) is 10.1 Å². The van der Waals surface area contributed by atoms with Crippen LogP contribution in [0.1, 0.15) is 11.1 Å². The number of nitro benzene ring substituents is 1. The number of ether oxygens (including phenoxy) is 1. The lowest BCUT2D eigenvalue weighted by Crippen LogP contribution is -1.97. The Morgan fingerprint density at radius 3 is 2.45 bits per heavy atom. The molecule has 2 rings (SSSR count). The Balaban J connectivity index is 2.31. The lowest BCUT2D eigenvalue weighted by Gasteiger charge is -2.01. The predicted molar refractivity (Wildman–Crippen MR) is 79.4 cm³/mol. The van der Waals surface area contributed by atoms with Crippen molar-refractivity contribution in [3.8, 4) is 5.75 Å².